The first-order chi connectivity index (χ1) is 11.9. The molecule has 2 bridgehead atoms. The molecule has 0 aromatic heterocycles. The third-order valence-corrected chi connectivity index (χ3v) is 6.08. The van der Waals surface area contributed by atoms with E-state index < -0.39 is 13.1 Å². The maximum atomic E-state index is 10.6. The smallest absolute Gasteiger partial charge is 0.165 e. The predicted octanol–water partition coefficient (Wildman–Crippen LogP) is 1.50. The zero-order chi connectivity index (χ0) is 17.6. The van der Waals surface area contributed by atoms with E-state index in [2.05, 4.69) is 0 Å². The van der Waals surface area contributed by atoms with E-state index in [1.54, 1.807) is 18.1 Å². The molecule has 2 heterocycles. The van der Waals surface area contributed by atoms with E-state index in [4.69, 9.17) is 13.6 Å². The van der Waals surface area contributed by atoms with Gasteiger partial charge in [0.1, 0.15) is 12.2 Å². The number of likely N-dealkylation sites (tertiary alicyclic amines) is 1. The fraction of sp³-hybridized carbons (Fsp3) is 0.556. The molecule has 2 aliphatic carbocycles. The number of aliphatic hydroxyl groups excluding tert-OH is 1. The van der Waals surface area contributed by atoms with Gasteiger partial charge in [0, 0.05) is 27.1 Å². The number of nitrogens with zero attached hydrogens (tertiary/aromatic N) is 1. The van der Waals surface area contributed by atoms with Crippen LogP contribution in [0.2, 0.25) is 0 Å². The largest absolute Gasteiger partial charge is 0.493 e. The number of hydrogen-bond donors (Lipinski definition) is 1. The first-order valence-corrected chi connectivity index (χ1v) is 7.88. The Morgan fingerprint density at radius 3 is 3.18 bits per heavy atom. The van der Waals surface area contributed by atoms with Gasteiger partial charge in [-0.3, -0.25) is 0 Å². The van der Waals surface area contributed by atoms with Crippen molar-refractivity contribution in [2.75, 3.05) is 20.6 Å². The van der Waals surface area contributed by atoms with Gasteiger partial charge < -0.3 is 19.5 Å². The van der Waals surface area contributed by atoms with E-state index in [9.17, 15) is 5.11 Å². The maximum absolute atomic E-state index is 10.6. The van der Waals surface area contributed by atoms with Gasteiger partial charge in [-0.2, -0.15) is 0 Å². The molecule has 2 aliphatic heterocycles. The van der Waals surface area contributed by atoms with Gasteiger partial charge in [-0.05, 0) is 38.0 Å². The van der Waals surface area contributed by atoms with Crippen LogP contribution in [0.15, 0.2) is 24.3 Å². The quantitative estimate of drug-likeness (QED) is 0.798. The van der Waals surface area contributed by atoms with Crippen molar-refractivity contribution in [1.82, 2.24) is 4.90 Å². The zero-order valence-corrected chi connectivity index (χ0v) is 12.5. The molecule has 0 amide bonds. The molecular formula is C18H21NO3. The summed E-state index contributed by atoms with van der Waals surface area (Å²) in [7, 11) is 1.62. The van der Waals surface area contributed by atoms with Crippen molar-refractivity contribution in [3.63, 3.8) is 0 Å². The molecule has 1 fully saturated rings. The van der Waals surface area contributed by atoms with Crippen LogP contribution < -0.4 is 9.47 Å². The molecule has 116 valence electrons. The standard InChI is InChI=1S/C18H21NO3/c1-19-8-7-18-11-4-5-13(20)17(18)22-16-14(21-2)6-3-10(15(16)18)9-12(11)19/h3-6,11-13,17,20H,7-9H2,1-2H3/t11-,12+,13-,17-,18-/m0/s1/i1D3. The minimum Gasteiger partial charge on any atom is -0.493 e. The second kappa shape index (κ2) is 4.06. The highest BCUT2D eigenvalue weighted by Gasteiger charge is 2.64. The van der Waals surface area contributed by atoms with E-state index in [-0.39, 0.29) is 23.5 Å². The summed E-state index contributed by atoms with van der Waals surface area (Å²) >= 11 is 0. The monoisotopic (exact) mass is 302 g/mol. The molecule has 22 heavy (non-hydrogen) atoms. The first kappa shape index (κ1) is 10.3. The van der Waals surface area contributed by atoms with Crippen LogP contribution in [0.25, 0.3) is 0 Å². The molecule has 1 aromatic carbocycles. The lowest BCUT2D eigenvalue weighted by molar-refractivity contribution is -0.0453. The Labute approximate surface area is 134 Å². The van der Waals surface area contributed by atoms with Gasteiger partial charge in [0.25, 0.3) is 0 Å². The van der Waals surface area contributed by atoms with Crippen LogP contribution in [0.5, 0.6) is 11.5 Å². The van der Waals surface area contributed by atoms with Crippen molar-refractivity contribution >= 4 is 0 Å². The summed E-state index contributed by atoms with van der Waals surface area (Å²) in [5.74, 6) is 1.44. The van der Waals surface area contributed by atoms with Gasteiger partial charge >= 0.3 is 0 Å². The number of ether oxygens (including phenoxy) is 2. The highest BCUT2D eigenvalue weighted by atomic mass is 16.5. The van der Waals surface area contributed by atoms with Gasteiger partial charge in [0.05, 0.1) is 7.11 Å². The van der Waals surface area contributed by atoms with Gasteiger partial charge in [0.15, 0.2) is 11.5 Å². The molecule has 4 aliphatic rings. The van der Waals surface area contributed by atoms with Crippen molar-refractivity contribution in [2.45, 2.75) is 36.5 Å². The Balaban J connectivity index is 1.75. The Bertz CT molecular complexity index is 778. The second-order valence-corrected chi connectivity index (χ2v) is 6.83. The Kier molecular flexibility index (Phi) is 1.90. The molecule has 0 radical (unpaired) electrons. The summed E-state index contributed by atoms with van der Waals surface area (Å²) in [6.07, 6.45) is 4.05. The van der Waals surface area contributed by atoms with Crippen molar-refractivity contribution in [3.8, 4) is 11.5 Å². The molecule has 4 heteroatoms. The topological polar surface area (TPSA) is 41.9 Å². The summed E-state index contributed by atoms with van der Waals surface area (Å²) in [6, 6.07) is 3.81. The molecule has 0 unspecified atom stereocenters. The minimum absolute atomic E-state index is 0.0240. The Morgan fingerprint density at radius 2 is 2.36 bits per heavy atom. The van der Waals surface area contributed by atoms with Gasteiger partial charge in [0.2, 0.25) is 0 Å². The summed E-state index contributed by atoms with van der Waals surface area (Å²) in [5.41, 5.74) is 1.89. The average Bonchev–Trinajstić information content (AvgIpc) is 2.89. The summed E-state index contributed by atoms with van der Waals surface area (Å²) < 4.78 is 35.6. The van der Waals surface area contributed by atoms with Crippen LogP contribution in [-0.4, -0.2) is 48.9 Å². The van der Waals surface area contributed by atoms with E-state index in [0.717, 1.165) is 16.9 Å². The van der Waals surface area contributed by atoms with Crippen LogP contribution in [0.4, 0.5) is 0 Å². The van der Waals surface area contributed by atoms with E-state index >= 15 is 0 Å². The predicted molar refractivity (Wildman–Crippen MR) is 82.5 cm³/mol. The molecule has 1 N–H and O–H groups in total. The molecular weight excluding hydrogens is 278 g/mol. The SMILES string of the molecule is [2H]C([2H])([2H])N1CC[C@]23c4c5ccc(OC)c4O[C@H]2[C@@H](O)C=C[C@H]3[C@H]1C5. The highest BCUT2D eigenvalue weighted by Crippen LogP contribution is 2.62. The lowest BCUT2D eigenvalue weighted by atomic mass is 9.53. The summed E-state index contributed by atoms with van der Waals surface area (Å²) in [5, 5.41) is 10.6. The number of hydrogen-bond acceptors (Lipinski definition) is 4. The minimum atomic E-state index is -2.11. The van der Waals surface area contributed by atoms with Gasteiger partial charge in [-0.1, -0.05) is 18.2 Å². The van der Waals surface area contributed by atoms with Crippen molar-refractivity contribution in [3.05, 3.63) is 35.4 Å². The number of piperidine rings is 1. The number of aliphatic hydroxyl groups is 1. The summed E-state index contributed by atoms with van der Waals surface area (Å²) in [6.45, 7) is -1.63. The van der Waals surface area contributed by atoms with Gasteiger partial charge in [-0.15, -0.1) is 0 Å². The van der Waals surface area contributed by atoms with Crippen molar-refractivity contribution in [1.29, 1.82) is 0 Å². The number of rotatable bonds is 1. The normalized spacial score (nSPS) is 43.6. The van der Waals surface area contributed by atoms with Crippen LogP contribution >= 0.6 is 0 Å². The van der Waals surface area contributed by atoms with Crippen LogP contribution in [0.1, 0.15) is 21.7 Å². The van der Waals surface area contributed by atoms with E-state index in [1.165, 1.54) is 0 Å². The van der Waals surface area contributed by atoms with Crippen molar-refractivity contribution in [2.24, 2.45) is 5.92 Å². The number of benzene rings is 1. The molecule has 4 nitrogen and oxygen atoms in total. The molecule has 0 saturated carbocycles. The third kappa shape index (κ3) is 1.28. The number of methoxy groups -OCH3 is 1. The van der Waals surface area contributed by atoms with Gasteiger partial charge in [-0.25, -0.2) is 0 Å². The molecule has 5 rings (SSSR count). The molecule has 1 saturated heterocycles. The Hall–Kier alpha value is -1.52. The molecule has 1 spiro atoms. The first-order valence-electron chi connectivity index (χ1n) is 9.38. The highest BCUT2D eigenvalue weighted by molar-refractivity contribution is 5.62. The third-order valence-electron chi connectivity index (χ3n) is 6.08. The number of likely N-dealkylation sites (N-methyl/N-ethyl adjacent to an activating group) is 1. The fourth-order valence-electron chi connectivity index (χ4n) is 5.21. The van der Waals surface area contributed by atoms with E-state index in [0.29, 0.717) is 25.1 Å². The molecule has 1 aromatic rings. The zero-order valence-electron chi connectivity index (χ0n) is 15.5. The van der Waals surface area contributed by atoms with E-state index in [1.807, 2.05) is 18.2 Å². The maximum Gasteiger partial charge on any atom is 0.165 e. The van der Waals surface area contributed by atoms with Crippen molar-refractivity contribution < 1.29 is 18.7 Å². The fourth-order valence-corrected chi connectivity index (χ4v) is 5.21. The van der Waals surface area contributed by atoms with Crippen LogP contribution in [0.3, 0.4) is 0 Å². The van der Waals surface area contributed by atoms with Crippen LogP contribution in [0, 0.1) is 5.92 Å². The van der Waals surface area contributed by atoms with Crippen LogP contribution in [-0.2, 0) is 11.8 Å². The Morgan fingerprint density at radius 1 is 1.45 bits per heavy atom. The lowest BCUT2D eigenvalue weighted by Gasteiger charge is -2.56. The molecule has 5 atom stereocenters. The summed E-state index contributed by atoms with van der Waals surface area (Å²) in [4.78, 5) is 1.66. The average molecular weight is 302 g/mol. The second-order valence-electron chi connectivity index (χ2n) is 6.83. The lowest BCUT2D eigenvalue weighted by Crippen LogP contribution is -2.64.